The van der Waals surface area contributed by atoms with Crippen molar-refractivity contribution in [3.8, 4) is 5.75 Å². The molecule has 0 radical (unpaired) electrons. The number of fused-ring (bicyclic) bond motifs is 1. The van der Waals surface area contributed by atoms with Crippen LogP contribution < -0.4 is 10.1 Å². The molecule has 2 amide bonds. The number of nitrogens with zero attached hydrogens (tertiary/aromatic N) is 3. The summed E-state index contributed by atoms with van der Waals surface area (Å²) in [6.07, 6.45) is 8.43. The topological polar surface area (TPSA) is 103 Å². The van der Waals surface area contributed by atoms with Gasteiger partial charge in [0, 0.05) is 5.56 Å². The summed E-state index contributed by atoms with van der Waals surface area (Å²) in [6.45, 7) is 5.71. The predicted molar refractivity (Wildman–Crippen MR) is 141 cm³/mol. The molecule has 10 heteroatoms. The Balaban J connectivity index is 1.64. The molecule has 9 nitrogen and oxygen atoms in total. The average molecular weight is 517 g/mol. The Bertz CT molecular complexity index is 1160. The molecule has 0 atom stereocenters. The number of anilines is 1. The largest absolute Gasteiger partial charge is 0.484 e. The van der Waals surface area contributed by atoms with Crippen LogP contribution in [0.25, 0.3) is 0 Å². The fourth-order valence-electron chi connectivity index (χ4n) is 5.00. The molecule has 2 heterocycles. The summed E-state index contributed by atoms with van der Waals surface area (Å²) in [5, 5.41) is 7.60. The van der Waals surface area contributed by atoms with Crippen LogP contribution in [-0.2, 0) is 26.4 Å². The van der Waals surface area contributed by atoms with Gasteiger partial charge in [-0.2, -0.15) is 5.10 Å². The van der Waals surface area contributed by atoms with Crippen LogP contribution in [0.3, 0.4) is 0 Å². The van der Waals surface area contributed by atoms with Gasteiger partial charge in [-0.25, -0.2) is 14.8 Å². The van der Waals surface area contributed by atoms with Gasteiger partial charge in [-0.1, -0.05) is 18.2 Å². The first-order valence-electron chi connectivity index (χ1n) is 12.2. The number of hydrogen-bond acceptors (Lipinski definition) is 6. The summed E-state index contributed by atoms with van der Waals surface area (Å²) >= 11 is 0. The number of carbonyl (C=O) groups is 3. The van der Waals surface area contributed by atoms with E-state index in [0.717, 1.165) is 23.9 Å². The minimum Gasteiger partial charge on any atom is -0.484 e. The van der Waals surface area contributed by atoms with Crippen molar-refractivity contribution in [3.63, 3.8) is 0 Å². The molecule has 36 heavy (non-hydrogen) atoms. The molecule has 1 aliphatic carbocycles. The van der Waals surface area contributed by atoms with Gasteiger partial charge in [0.2, 0.25) is 5.91 Å². The van der Waals surface area contributed by atoms with Crippen LogP contribution in [0.5, 0.6) is 5.75 Å². The van der Waals surface area contributed by atoms with E-state index in [2.05, 4.69) is 29.2 Å². The summed E-state index contributed by atoms with van der Waals surface area (Å²) < 4.78 is 11.6. The standard InChI is InChI=1S/C26H36N4O5S/c1-7-34-24(33)30-22(27-23(32)26(14-11-15-26)36(4,5)6)19-16-29(25(2,3)21(19)28-30)20(31)17-35-18-12-9-8-10-13-18/h8-10,12-13H,7,11,14-17H2,1-6H3,(H,27,32). The highest BCUT2D eigenvalue weighted by atomic mass is 32.3. The third kappa shape index (κ3) is 4.36. The van der Waals surface area contributed by atoms with E-state index in [1.165, 1.54) is 0 Å². The number of rotatable bonds is 7. The summed E-state index contributed by atoms with van der Waals surface area (Å²) in [6, 6.07) is 9.15. The molecule has 2 aromatic rings. The Labute approximate surface area is 213 Å². The molecule has 4 rings (SSSR count). The highest BCUT2D eigenvalue weighted by Gasteiger charge is 2.52. The summed E-state index contributed by atoms with van der Waals surface area (Å²) in [7, 11) is -1.21. The van der Waals surface area contributed by atoms with E-state index in [4.69, 9.17) is 9.47 Å². The molecule has 1 fully saturated rings. The summed E-state index contributed by atoms with van der Waals surface area (Å²) in [5.41, 5.74) is 0.394. The SMILES string of the molecule is CCOC(=O)n1nc2c(c1NC(=O)C1(S(C)(C)C)CCC1)CN(C(=O)COc1ccccc1)C2(C)C. The lowest BCUT2D eigenvalue weighted by molar-refractivity contribution is -0.138. The van der Waals surface area contributed by atoms with E-state index in [9.17, 15) is 14.4 Å². The monoisotopic (exact) mass is 516 g/mol. The number of aromatic nitrogens is 2. The number of carbonyl (C=O) groups excluding carboxylic acids is 3. The maximum Gasteiger partial charge on any atom is 0.436 e. The first-order valence-corrected chi connectivity index (χ1v) is 15.1. The van der Waals surface area contributed by atoms with Gasteiger partial charge in [-0.3, -0.25) is 9.59 Å². The van der Waals surface area contributed by atoms with Crippen molar-refractivity contribution >= 4 is 33.8 Å². The lowest BCUT2D eigenvalue weighted by Crippen LogP contribution is -2.52. The fraction of sp³-hybridized carbons (Fsp3) is 0.538. The second-order valence-electron chi connectivity index (χ2n) is 10.6. The van der Waals surface area contributed by atoms with Gasteiger partial charge in [-0.15, -0.1) is 4.68 Å². The van der Waals surface area contributed by atoms with E-state index in [1.807, 2.05) is 32.0 Å². The predicted octanol–water partition coefficient (Wildman–Crippen LogP) is 4.10. The molecule has 196 valence electrons. The number of para-hydroxylation sites is 1. The maximum absolute atomic E-state index is 13.6. The smallest absolute Gasteiger partial charge is 0.436 e. The van der Waals surface area contributed by atoms with Crippen LogP contribution in [0.15, 0.2) is 30.3 Å². The molecular formula is C26H36N4O5S. The fourth-order valence-corrected chi connectivity index (χ4v) is 7.12. The zero-order valence-electron chi connectivity index (χ0n) is 21.9. The number of nitrogens with one attached hydrogen (secondary N) is 1. The van der Waals surface area contributed by atoms with E-state index in [-0.39, 0.29) is 37.4 Å². The number of amides is 2. The van der Waals surface area contributed by atoms with Crippen LogP contribution in [0.2, 0.25) is 0 Å². The highest BCUT2D eigenvalue weighted by Crippen LogP contribution is 2.60. The molecule has 0 spiro atoms. The Morgan fingerprint density at radius 1 is 1.11 bits per heavy atom. The minimum atomic E-state index is -1.21. The van der Waals surface area contributed by atoms with E-state index < -0.39 is 26.4 Å². The first-order chi connectivity index (χ1) is 16.9. The lowest BCUT2D eigenvalue weighted by Gasteiger charge is -2.53. The Morgan fingerprint density at radius 3 is 2.33 bits per heavy atom. The second-order valence-corrected chi connectivity index (χ2v) is 15.0. The maximum atomic E-state index is 13.6. The van der Waals surface area contributed by atoms with E-state index in [1.54, 1.807) is 24.0 Å². The van der Waals surface area contributed by atoms with Gasteiger partial charge in [0.25, 0.3) is 5.91 Å². The zero-order chi connectivity index (χ0) is 26.3. The third-order valence-corrected chi connectivity index (χ3v) is 10.3. The molecule has 1 N–H and O–H groups in total. The van der Waals surface area contributed by atoms with Crippen LogP contribution >= 0.6 is 10.0 Å². The third-order valence-electron chi connectivity index (χ3n) is 7.38. The molecule has 1 aliphatic heterocycles. The Hall–Kier alpha value is -3.01. The summed E-state index contributed by atoms with van der Waals surface area (Å²) in [5.74, 6) is 0.586. The van der Waals surface area contributed by atoms with Crippen molar-refractivity contribution in [1.29, 1.82) is 0 Å². The summed E-state index contributed by atoms with van der Waals surface area (Å²) in [4.78, 5) is 41.3. The molecule has 0 saturated heterocycles. The van der Waals surface area contributed by atoms with Crippen LogP contribution in [0.4, 0.5) is 10.6 Å². The molecule has 1 saturated carbocycles. The second kappa shape index (κ2) is 9.46. The Morgan fingerprint density at radius 2 is 1.78 bits per heavy atom. The molecule has 1 aromatic carbocycles. The van der Waals surface area contributed by atoms with Crippen molar-refractivity contribution in [2.45, 2.75) is 56.9 Å². The average Bonchev–Trinajstić information content (AvgIpc) is 3.25. The van der Waals surface area contributed by atoms with Gasteiger partial charge in [0.15, 0.2) is 6.61 Å². The van der Waals surface area contributed by atoms with Gasteiger partial charge < -0.3 is 19.7 Å². The molecule has 1 aromatic heterocycles. The molecule has 2 aliphatic rings. The van der Waals surface area contributed by atoms with Gasteiger partial charge in [-0.05, 0) is 70.9 Å². The number of hydrogen-bond donors (Lipinski definition) is 1. The number of benzene rings is 1. The Kier molecular flexibility index (Phi) is 6.85. The van der Waals surface area contributed by atoms with Crippen LogP contribution in [0, 0.1) is 0 Å². The zero-order valence-corrected chi connectivity index (χ0v) is 22.7. The quantitative estimate of drug-likeness (QED) is 0.594. The van der Waals surface area contributed by atoms with Crippen molar-refractivity contribution in [2.75, 3.05) is 37.3 Å². The van der Waals surface area contributed by atoms with Crippen molar-refractivity contribution in [2.24, 2.45) is 0 Å². The highest BCUT2D eigenvalue weighted by molar-refractivity contribution is 8.33. The van der Waals surface area contributed by atoms with Gasteiger partial charge >= 0.3 is 6.09 Å². The van der Waals surface area contributed by atoms with E-state index in [0.29, 0.717) is 17.0 Å². The molecule has 0 bridgehead atoms. The molecular weight excluding hydrogens is 480 g/mol. The van der Waals surface area contributed by atoms with E-state index >= 15 is 0 Å². The van der Waals surface area contributed by atoms with Gasteiger partial charge in [0.05, 0.1) is 29.1 Å². The van der Waals surface area contributed by atoms with Crippen molar-refractivity contribution in [1.82, 2.24) is 14.7 Å². The van der Waals surface area contributed by atoms with Crippen molar-refractivity contribution < 1.29 is 23.9 Å². The van der Waals surface area contributed by atoms with Crippen molar-refractivity contribution in [3.05, 3.63) is 41.6 Å². The number of ether oxygens (including phenoxy) is 2. The van der Waals surface area contributed by atoms with Crippen LogP contribution in [-0.4, -0.2) is 69.3 Å². The molecule has 0 unspecified atom stereocenters. The van der Waals surface area contributed by atoms with Gasteiger partial charge in [0.1, 0.15) is 11.6 Å². The normalized spacial score (nSPS) is 18.1. The first kappa shape index (κ1) is 26.1. The lowest BCUT2D eigenvalue weighted by atomic mass is 9.83. The van der Waals surface area contributed by atoms with Crippen LogP contribution in [0.1, 0.15) is 51.3 Å². The minimum absolute atomic E-state index is 0.0977.